The normalized spacial score (nSPS) is 16.9. The van der Waals surface area contributed by atoms with Crippen LogP contribution in [0.25, 0.3) is 0 Å². The van der Waals surface area contributed by atoms with Gasteiger partial charge in [-0.15, -0.1) is 0 Å². The van der Waals surface area contributed by atoms with Gasteiger partial charge in [-0.25, -0.2) is 4.79 Å². The van der Waals surface area contributed by atoms with Crippen LogP contribution in [0.4, 0.5) is 0 Å². The Morgan fingerprint density at radius 2 is 1.68 bits per heavy atom. The fraction of sp³-hybridized carbons (Fsp3) is 0.815. The van der Waals surface area contributed by atoms with Crippen LogP contribution in [0.3, 0.4) is 0 Å². The van der Waals surface area contributed by atoms with Crippen LogP contribution in [0.15, 0.2) is 11.6 Å². The lowest BCUT2D eigenvalue weighted by Gasteiger charge is -2.37. The van der Waals surface area contributed by atoms with Gasteiger partial charge in [-0.05, 0) is 64.3 Å². The van der Waals surface area contributed by atoms with Crippen molar-refractivity contribution in [2.24, 2.45) is 11.8 Å². The third-order valence-corrected chi connectivity index (χ3v) is 7.28. The van der Waals surface area contributed by atoms with Gasteiger partial charge in [0.2, 0.25) is 11.8 Å². The maximum Gasteiger partial charge on any atom is 0.333 e. The molecule has 0 heterocycles. The molecule has 1 saturated carbocycles. The second-order valence-electron chi connectivity index (χ2n) is 9.97. The van der Waals surface area contributed by atoms with E-state index in [1.165, 1.54) is 0 Å². The van der Waals surface area contributed by atoms with Crippen LogP contribution >= 0.6 is 0 Å². The number of carbonyl (C=O) groups excluding carboxylic acids is 3. The van der Waals surface area contributed by atoms with E-state index in [9.17, 15) is 14.4 Å². The van der Waals surface area contributed by atoms with Crippen LogP contribution in [0.1, 0.15) is 93.4 Å². The summed E-state index contributed by atoms with van der Waals surface area (Å²) < 4.78 is 5.13. The smallest absolute Gasteiger partial charge is 0.333 e. The van der Waals surface area contributed by atoms with E-state index in [0.717, 1.165) is 38.6 Å². The Morgan fingerprint density at radius 1 is 1.09 bits per heavy atom. The molecule has 0 bridgehead atoms. The van der Waals surface area contributed by atoms with E-state index < -0.39 is 11.6 Å². The summed E-state index contributed by atoms with van der Waals surface area (Å²) in [6.45, 7) is 14.7. The van der Waals surface area contributed by atoms with Gasteiger partial charge in [0.25, 0.3) is 0 Å². The van der Waals surface area contributed by atoms with Crippen molar-refractivity contribution in [1.29, 1.82) is 0 Å². The van der Waals surface area contributed by atoms with Gasteiger partial charge in [0.1, 0.15) is 6.04 Å². The van der Waals surface area contributed by atoms with E-state index >= 15 is 0 Å². The fourth-order valence-electron chi connectivity index (χ4n) is 4.90. The minimum atomic E-state index is -0.677. The Labute approximate surface area is 207 Å². The van der Waals surface area contributed by atoms with Crippen LogP contribution in [-0.2, 0) is 19.1 Å². The first-order chi connectivity index (χ1) is 16.1. The third kappa shape index (κ3) is 7.82. The molecule has 1 rings (SSSR count). The van der Waals surface area contributed by atoms with Gasteiger partial charge >= 0.3 is 5.97 Å². The quantitative estimate of drug-likeness (QED) is 0.288. The number of likely N-dealkylation sites (N-methyl/N-ethyl adjacent to an activating group) is 1. The van der Waals surface area contributed by atoms with Crippen LogP contribution in [-0.4, -0.2) is 60.5 Å². The van der Waals surface area contributed by atoms with E-state index in [-0.39, 0.29) is 35.7 Å². The SMILES string of the molecule is CCCNC(CC)(CC)C(=O)N[C@H](C(=O)N(C)[C@H](C=C(C)C(=O)OCC)C(C)C)C1CCCC1. The minimum absolute atomic E-state index is 0.0925. The summed E-state index contributed by atoms with van der Waals surface area (Å²) >= 11 is 0. The predicted octanol–water partition coefficient (Wildman–Crippen LogP) is 4.21. The van der Waals surface area contributed by atoms with Crippen molar-refractivity contribution < 1.29 is 19.1 Å². The van der Waals surface area contributed by atoms with Crippen LogP contribution in [0.2, 0.25) is 0 Å². The number of carbonyl (C=O) groups is 3. The van der Waals surface area contributed by atoms with Crippen LogP contribution in [0.5, 0.6) is 0 Å². The lowest BCUT2D eigenvalue weighted by Crippen LogP contribution is -2.62. The summed E-state index contributed by atoms with van der Waals surface area (Å²) in [6, 6.07) is -0.850. The minimum Gasteiger partial charge on any atom is -0.463 e. The molecule has 1 aliphatic carbocycles. The number of amides is 2. The zero-order chi connectivity index (χ0) is 25.9. The van der Waals surface area contributed by atoms with Crippen LogP contribution in [0, 0.1) is 11.8 Å². The molecule has 0 radical (unpaired) electrons. The molecule has 0 aromatic heterocycles. The zero-order valence-corrected chi connectivity index (χ0v) is 22.8. The first-order valence-electron chi connectivity index (χ1n) is 13.3. The molecule has 0 aromatic rings. The highest BCUT2D eigenvalue weighted by atomic mass is 16.5. The lowest BCUT2D eigenvalue weighted by molar-refractivity contribution is -0.140. The molecule has 196 valence electrons. The molecule has 7 heteroatoms. The molecule has 2 atom stereocenters. The third-order valence-electron chi connectivity index (χ3n) is 7.28. The number of nitrogens with zero attached hydrogens (tertiary/aromatic N) is 1. The summed E-state index contributed by atoms with van der Waals surface area (Å²) in [5.74, 6) is -0.339. The first-order valence-corrected chi connectivity index (χ1v) is 13.3. The molecular formula is C27H49N3O4. The Morgan fingerprint density at radius 3 is 2.15 bits per heavy atom. The Kier molecular flexibility index (Phi) is 12.9. The second kappa shape index (κ2) is 14.5. The van der Waals surface area contributed by atoms with E-state index in [1.54, 1.807) is 25.8 Å². The maximum absolute atomic E-state index is 13.9. The van der Waals surface area contributed by atoms with E-state index in [0.29, 0.717) is 25.0 Å². The summed E-state index contributed by atoms with van der Waals surface area (Å²) in [4.78, 5) is 41.3. The molecule has 7 nitrogen and oxygen atoms in total. The number of hydrogen-bond donors (Lipinski definition) is 2. The summed E-state index contributed by atoms with van der Waals surface area (Å²) in [6.07, 6.45) is 8.09. The molecule has 0 spiro atoms. The number of esters is 1. The molecule has 0 aliphatic heterocycles. The van der Waals surface area contributed by atoms with Gasteiger partial charge in [-0.2, -0.15) is 0 Å². The average Bonchev–Trinajstić information content (AvgIpc) is 3.35. The fourth-order valence-corrected chi connectivity index (χ4v) is 4.90. The highest BCUT2D eigenvalue weighted by molar-refractivity contribution is 5.92. The van der Waals surface area contributed by atoms with Gasteiger partial charge in [-0.3, -0.25) is 9.59 Å². The van der Waals surface area contributed by atoms with Crippen molar-refractivity contribution in [3.8, 4) is 0 Å². The van der Waals surface area contributed by atoms with Crippen molar-refractivity contribution in [1.82, 2.24) is 15.5 Å². The highest BCUT2D eigenvalue weighted by Crippen LogP contribution is 2.30. The molecule has 0 unspecified atom stereocenters. The number of hydrogen-bond acceptors (Lipinski definition) is 5. The van der Waals surface area contributed by atoms with Crippen molar-refractivity contribution in [2.75, 3.05) is 20.2 Å². The van der Waals surface area contributed by atoms with E-state index in [2.05, 4.69) is 17.6 Å². The van der Waals surface area contributed by atoms with Crippen LogP contribution < -0.4 is 10.6 Å². The zero-order valence-electron chi connectivity index (χ0n) is 22.8. The van der Waals surface area contributed by atoms with Crippen molar-refractivity contribution in [2.45, 2.75) is 111 Å². The largest absolute Gasteiger partial charge is 0.463 e. The molecular weight excluding hydrogens is 430 g/mol. The molecule has 0 saturated heterocycles. The Bertz CT molecular complexity index is 694. The molecule has 1 fully saturated rings. The number of ether oxygens (including phenoxy) is 1. The van der Waals surface area contributed by atoms with Gasteiger partial charge in [0, 0.05) is 12.6 Å². The molecule has 2 N–H and O–H groups in total. The first kappa shape index (κ1) is 30.1. The highest BCUT2D eigenvalue weighted by Gasteiger charge is 2.41. The van der Waals surface area contributed by atoms with Crippen molar-refractivity contribution in [3.05, 3.63) is 11.6 Å². The monoisotopic (exact) mass is 479 g/mol. The predicted molar refractivity (Wildman–Crippen MR) is 137 cm³/mol. The van der Waals surface area contributed by atoms with Crippen molar-refractivity contribution in [3.63, 3.8) is 0 Å². The molecule has 0 aromatic carbocycles. The lowest BCUT2D eigenvalue weighted by atomic mass is 9.89. The average molecular weight is 480 g/mol. The van der Waals surface area contributed by atoms with Gasteiger partial charge in [-0.1, -0.05) is 53.5 Å². The molecule has 1 aliphatic rings. The molecule has 34 heavy (non-hydrogen) atoms. The summed E-state index contributed by atoms with van der Waals surface area (Å²) in [5.41, 5.74) is -0.190. The standard InChI is InChI=1S/C27H49N3O4/c1-9-17-28-27(10-2,11-3)26(33)29-23(21-15-13-14-16-21)24(31)30(8)22(19(5)6)18-20(7)25(32)34-12-4/h18-19,21-23,28H,9-17H2,1-8H3,(H,29,33)/t22-,23+/m1/s1. The molecule has 2 amide bonds. The van der Waals surface area contributed by atoms with Gasteiger partial charge in [0.15, 0.2) is 0 Å². The van der Waals surface area contributed by atoms with Gasteiger partial charge in [0.05, 0.1) is 18.2 Å². The summed E-state index contributed by atoms with van der Waals surface area (Å²) in [5, 5.41) is 6.62. The topological polar surface area (TPSA) is 87.7 Å². The Hall–Kier alpha value is -1.89. The maximum atomic E-state index is 13.9. The van der Waals surface area contributed by atoms with Crippen molar-refractivity contribution >= 4 is 17.8 Å². The second-order valence-corrected chi connectivity index (χ2v) is 9.97. The van der Waals surface area contributed by atoms with E-state index in [4.69, 9.17) is 4.74 Å². The summed E-state index contributed by atoms with van der Waals surface area (Å²) in [7, 11) is 1.78. The van der Waals surface area contributed by atoms with E-state index in [1.807, 2.05) is 33.8 Å². The number of nitrogens with one attached hydrogen (secondary N) is 2. The Balaban J connectivity index is 3.22. The number of rotatable bonds is 14. The van der Waals surface area contributed by atoms with Gasteiger partial charge < -0.3 is 20.3 Å².